The minimum atomic E-state index is -1.20. The molecule has 1 heterocycles. The summed E-state index contributed by atoms with van der Waals surface area (Å²) in [5.74, 6) is -1.04. The van der Waals surface area contributed by atoms with Crippen LogP contribution >= 0.6 is 0 Å². The number of phenols is 1. The van der Waals surface area contributed by atoms with Crippen molar-refractivity contribution in [1.82, 2.24) is 0 Å². The second-order valence-corrected chi connectivity index (χ2v) is 4.22. The Bertz CT molecular complexity index is 379. The summed E-state index contributed by atoms with van der Waals surface area (Å²) in [7, 11) is 0. The first kappa shape index (κ1) is 10.2. The minimum Gasteiger partial charge on any atom is -0.505 e. The van der Waals surface area contributed by atoms with E-state index in [0.717, 1.165) is 0 Å². The smallest absolute Gasteiger partial charge is 0.166 e. The zero-order valence-corrected chi connectivity index (χ0v) is 8.50. The highest BCUT2D eigenvalue weighted by Gasteiger charge is 2.33. The summed E-state index contributed by atoms with van der Waals surface area (Å²) in [6, 6.07) is 4.12. The van der Waals surface area contributed by atoms with Crippen LogP contribution in [0.4, 0.5) is 14.5 Å². The van der Waals surface area contributed by atoms with Crippen LogP contribution in [-0.4, -0.2) is 23.9 Å². The van der Waals surface area contributed by atoms with Gasteiger partial charge in [0.05, 0.1) is 6.54 Å². The van der Waals surface area contributed by atoms with Crippen LogP contribution in [0.3, 0.4) is 0 Å². The molecule has 1 aliphatic heterocycles. The molecule has 1 unspecified atom stereocenters. The molecule has 1 aromatic rings. The van der Waals surface area contributed by atoms with Gasteiger partial charge < -0.3 is 10.0 Å². The van der Waals surface area contributed by atoms with Crippen LogP contribution in [0.15, 0.2) is 18.2 Å². The number of halogens is 2. The second kappa shape index (κ2) is 3.36. The molecule has 1 atom stereocenters. The van der Waals surface area contributed by atoms with E-state index < -0.39 is 11.5 Å². The highest BCUT2D eigenvalue weighted by molar-refractivity contribution is 5.50. The molecule has 0 aliphatic carbocycles. The number of phenolic OH excluding ortho intramolecular Hbond substituents is 1. The van der Waals surface area contributed by atoms with Gasteiger partial charge >= 0.3 is 0 Å². The van der Waals surface area contributed by atoms with Gasteiger partial charge in [0, 0.05) is 24.7 Å². The predicted molar refractivity (Wildman–Crippen MR) is 54.4 cm³/mol. The topological polar surface area (TPSA) is 23.5 Å². The average molecular weight is 213 g/mol. The lowest BCUT2D eigenvalue weighted by Gasteiger charge is -2.19. The molecular weight excluding hydrogens is 200 g/mol. The monoisotopic (exact) mass is 213 g/mol. The maximum atomic E-state index is 13.5. The Balaban J connectivity index is 2.21. The fourth-order valence-electron chi connectivity index (χ4n) is 1.84. The number of nitrogens with zero attached hydrogens (tertiary/aromatic N) is 1. The number of alkyl halides is 1. The van der Waals surface area contributed by atoms with E-state index in [0.29, 0.717) is 18.7 Å². The summed E-state index contributed by atoms with van der Waals surface area (Å²) in [5.41, 5.74) is -0.583. The van der Waals surface area contributed by atoms with Gasteiger partial charge in [-0.2, -0.15) is 0 Å². The third-order valence-electron chi connectivity index (χ3n) is 2.72. The molecule has 0 bridgehead atoms. The molecule has 1 aliphatic rings. The third kappa shape index (κ3) is 2.03. The van der Waals surface area contributed by atoms with E-state index >= 15 is 0 Å². The molecule has 0 spiro atoms. The van der Waals surface area contributed by atoms with Crippen molar-refractivity contribution < 1.29 is 13.9 Å². The van der Waals surface area contributed by atoms with Crippen molar-refractivity contribution in [2.75, 3.05) is 18.0 Å². The highest BCUT2D eigenvalue weighted by Crippen LogP contribution is 2.31. The van der Waals surface area contributed by atoms with E-state index in [9.17, 15) is 8.78 Å². The summed E-state index contributed by atoms with van der Waals surface area (Å²) >= 11 is 0. The van der Waals surface area contributed by atoms with Gasteiger partial charge in [-0.05, 0) is 19.1 Å². The van der Waals surface area contributed by atoms with Gasteiger partial charge in [-0.3, -0.25) is 0 Å². The van der Waals surface area contributed by atoms with Gasteiger partial charge in [0.25, 0.3) is 0 Å². The van der Waals surface area contributed by atoms with Gasteiger partial charge in [-0.15, -0.1) is 0 Å². The first-order chi connectivity index (χ1) is 6.98. The van der Waals surface area contributed by atoms with Gasteiger partial charge in [-0.25, -0.2) is 8.78 Å². The first-order valence-corrected chi connectivity index (χ1v) is 4.90. The SMILES string of the molecule is CC1(F)CCN(c2ccc(O)c(F)c2)C1. The summed E-state index contributed by atoms with van der Waals surface area (Å²) in [4.78, 5) is 1.78. The normalized spacial score (nSPS) is 25.9. The Kier molecular flexibility index (Phi) is 2.29. The number of hydrogen-bond acceptors (Lipinski definition) is 2. The van der Waals surface area contributed by atoms with Crippen LogP contribution in [0.5, 0.6) is 5.75 Å². The van der Waals surface area contributed by atoms with E-state index in [-0.39, 0.29) is 12.3 Å². The van der Waals surface area contributed by atoms with Crippen LogP contribution in [-0.2, 0) is 0 Å². The largest absolute Gasteiger partial charge is 0.505 e. The molecule has 0 amide bonds. The van der Waals surface area contributed by atoms with Crippen molar-refractivity contribution in [2.45, 2.75) is 19.0 Å². The Hall–Kier alpha value is -1.32. The Morgan fingerprint density at radius 1 is 1.47 bits per heavy atom. The van der Waals surface area contributed by atoms with Crippen LogP contribution in [0, 0.1) is 5.82 Å². The number of hydrogen-bond donors (Lipinski definition) is 1. The Morgan fingerprint density at radius 2 is 2.20 bits per heavy atom. The summed E-state index contributed by atoms with van der Waals surface area (Å²) in [6.07, 6.45) is 0.454. The Morgan fingerprint density at radius 3 is 2.73 bits per heavy atom. The van der Waals surface area contributed by atoms with Gasteiger partial charge in [-0.1, -0.05) is 0 Å². The molecule has 1 N–H and O–H groups in total. The van der Waals surface area contributed by atoms with Crippen molar-refractivity contribution >= 4 is 5.69 Å². The number of rotatable bonds is 1. The molecule has 0 saturated carbocycles. The fraction of sp³-hybridized carbons (Fsp3) is 0.455. The van der Waals surface area contributed by atoms with E-state index in [1.165, 1.54) is 12.1 Å². The summed E-state index contributed by atoms with van der Waals surface area (Å²) in [6.45, 7) is 2.40. The van der Waals surface area contributed by atoms with Gasteiger partial charge in [0.2, 0.25) is 0 Å². The lowest BCUT2D eigenvalue weighted by molar-refractivity contribution is 0.221. The standard InChI is InChI=1S/C11H13F2NO/c1-11(13)4-5-14(7-11)8-2-3-10(15)9(12)6-8/h2-3,6,15H,4-5,7H2,1H3. The maximum absolute atomic E-state index is 13.5. The molecule has 2 nitrogen and oxygen atoms in total. The average Bonchev–Trinajstić information content (AvgIpc) is 2.51. The molecular formula is C11H13F2NO. The lowest BCUT2D eigenvalue weighted by Crippen LogP contribution is -2.25. The predicted octanol–water partition coefficient (Wildman–Crippen LogP) is 2.47. The van der Waals surface area contributed by atoms with Crippen molar-refractivity contribution in [3.05, 3.63) is 24.0 Å². The molecule has 15 heavy (non-hydrogen) atoms. The molecule has 0 aromatic heterocycles. The minimum absolute atomic E-state index is 0.275. The number of anilines is 1. The lowest BCUT2D eigenvalue weighted by atomic mass is 10.1. The zero-order valence-electron chi connectivity index (χ0n) is 8.50. The van der Waals surface area contributed by atoms with Crippen LogP contribution in [0.2, 0.25) is 0 Å². The zero-order chi connectivity index (χ0) is 11.1. The molecule has 0 radical (unpaired) electrons. The number of aromatic hydroxyl groups is 1. The molecule has 82 valence electrons. The van der Waals surface area contributed by atoms with Gasteiger partial charge in [0.15, 0.2) is 11.6 Å². The molecule has 4 heteroatoms. The molecule has 1 fully saturated rings. The van der Waals surface area contributed by atoms with Crippen molar-refractivity contribution in [1.29, 1.82) is 0 Å². The second-order valence-electron chi connectivity index (χ2n) is 4.22. The van der Waals surface area contributed by atoms with Crippen LogP contribution in [0.25, 0.3) is 0 Å². The van der Waals surface area contributed by atoms with Gasteiger partial charge in [0.1, 0.15) is 5.67 Å². The van der Waals surface area contributed by atoms with E-state index in [1.54, 1.807) is 17.9 Å². The summed E-state index contributed by atoms with van der Waals surface area (Å²) < 4.78 is 26.6. The van der Waals surface area contributed by atoms with Crippen molar-refractivity contribution in [3.8, 4) is 5.75 Å². The van der Waals surface area contributed by atoms with Crippen molar-refractivity contribution in [2.24, 2.45) is 0 Å². The van der Waals surface area contributed by atoms with Crippen molar-refractivity contribution in [3.63, 3.8) is 0 Å². The van der Waals surface area contributed by atoms with E-state index in [4.69, 9.17) is 5.11 Å². The van der Waals surface area contributed by atoms with E-state index in [1.807, 2.05) is 0 Å². The summed E-state index contributed by atoms with van der Waals surface area (Å²) in [5, 5.41) is 9.02. The molecule has 1 aromatic carbocycles. The third-order valence-corrected chi connectivity index (χ3v) is 2.72. The quantitative estimate of drug-likeness (QED) is 0.774. The van der Waals surface area contributed by atoms with Crippen LogP contribution in [0.1, 0.15) is 13.3 Å². The van der Waals surface area contributed by atoms with Crippen LogP contribution < -0.4 is 4.90 Å². The van der Waals surface area contributed by atoms with E-state index in [2.05, 4.69) is 0 Å². The highest BCUT2D eigenvalue weighted by atomic mass is 19.1. The number of benzene rings is 1. The fourth-order valence-corrected chi connectivity index (χ4v) is 1.84. The molecule has 2 rings (SSSR count). The molecule has 1 saturated heterocycles. The first-order valence-electron chi connectivity index (χ1n) is 4.90. The maximum Gasteiger partial charge on any atom is 0.166 e. The Labute approximate surface area is 87.1 Å².